The summed E-state index contributed by atoms with van der Waals surface area (Å²) in [5, 5.41) is 11.4. The molecular weight excluding hydrogens is 261 g/mol. The predicted octanol–water partition coefficient (Wildman–Crippen LogP) is 2.46. The van der Waals surface area contributed by atoms with Crippen LogP contribution in [0.15, 0.2) is 30.3 Å². The molecule has 2 aromatic rings. The summed E-state index contributed by atoms with van der Waals surface area (Å²) in [5.74, 6) is -4.92. The molecule has 0 aliphatic rings. The number of benzene rings is 1. The van der Waals surface area contributed by atoms with Gasteiger partial charge in [-0.2, -0.15) is 13.8 Å². The average Bonchev–Trinajstić information content (AvgIpc) is 2.32. The molecule has 0 radical (unpaired) electrons. The lowest BCUT2D eigenvalue weighted by molar-refractivity contribution is 0.101. The first-order chi connectivity index (χ1) is 8.99. The van der Waals surface area contributed by atoms with Gasteiger partial charge in [-0.05, 0) is 24.3 Å². The van der Waals surface area contributed by atoms with E-state index in [-0.39, 0.29) is 0 Å². The Balaban J connectivity index is 2.31. The van der Waals surface area contributed by atoms with E-state index in [1.54, 1.807) is 0 Å². The first-order valence-corrected chi connectivity index (χ1v) is 5.10. The highest BCUT2D eigenvalue weighted by Gasteiger charge is 2.18. The van der Waals surface area contributed by atoms with Gasteiger partial charge < -0.3 is 10.4 Å². The van der Waals surface area contributed by atoms with E-state index in [4.69, 9.17) is 0 Å². The number of carbonyl (C=O) groups is 1. The first-order valence-electron chi connectivity index (χ1n) is 5.10. The number of hydrogen-bond acceptors (Lipinski definition) is 3. The van der Waals surface area contributed by atoms with Gasteiger partial charge in [0.2, 0.25) is 11.9 Å². The highest BCUT2D eigenvalue weighted by molar-refractivity contribution is 6.06. The molecule has 2 N–H and O–H groups in total. The van der Waals surface area contributed by atoms with Crippen molar-refractivity contribution >= 4 is 11.6 Å². The number of pyridine rings is 1. The molecule has 98 valence electrons. The Hall–Kier alpha value is -2.57. The van der Waals surface area contributed by atoms with Crippen molar-refractivity contribution in [3.8, 4) is 5.75 Å². The van der Waals surface area contributed by atoms with Crippen molar-refractivity contribution in [3.05, 3.63) is 53.6 Å². The van der Waals surface area contributed by atoms with Crippen LogP contribution in [-0.2, 0) is 0 Å². The maximum Gasteiger partial charge on any atom is 0.262 e. The summed E-state index contributed by atoms with van der Waals surface area (Å²) in [6.07, 6.45) is 0. The molecule has 1 aromatic heterocycles. The number of rotatable bonds is 2. The second-order valence-electron chi connectivity index (χ2n) is 3.56. The van der Waals surface area contributed by atoms with E-state index >= 15 is 0 Å². The quantitative estimate of drug-likeness (QED) is 0.822. The summed E-state index contributed by atoms with van der Waals surface area (Å²) in [7, 11) is 0. The lowest BCUT2D eigenvalue weighted by Crippen LogP contribution is -2.15. The van der Waals surface area contributed by atoms with Crippen LogP contribution < -0.4 is 5.32 Å². The van der Waals surface area contributed by atoms with Gasteiger partial charge in [0.15, 0.2) is 0 Å². The van der Waals surface area contributed by atoms with Crippen molar-refractivity contribution in [2.75, 3.05) is 5.32 Å². The molecule has 0 spiro atoms. The lowest BCUT2D eigenvalue weighted by Gasteiger charge is -2.07. The van der Waals surface area contributed by atoms with Crippen LogP contribution in [0.25, 0.3) is 0 Å². The van der Waals surface area contributed by atoms with Gasteiger partial charge in [-0.25, -0.2) is 4.39 Å². The fraction of sp³-hybridized carbons (Fsp3) is 0. The molecule has 1 amide bonds. The number of phenols is 1. The minimum Gasteiger partial charge on any atom is -0.507 e. The third kappa shape index (κ3) is 2.65. The number of hydrogen-bond donors (Lipinski definition) is 2. The van der Waals surface area contributed by atoms with Crippen LogP contribution in [0, 0.1) is 17.7 Å². The minimum atomic E-state index is -1.25. The highest BCUT2D eigenvalue weighted by atomic mass is 19.1. The Morgan fingerprint density at radius 1 is 1.16 bits per heavy atom. The van der Waals surface area contributed by atoms with Crippen LogP contribution in [0.1, 0.15) is 10.4 Å². The Morgan fingerprint density at radius 2 is 1.89 bits per heavy atom. The summed E-state index contributed by atoms with van der Waals surface area (Å²) in [6.45, 7) is 0. The molecule has 0 aliphatic heterocycles. The molecule has 7 heteroatoms. The maximum atomic E-state index is 13.4. The van der Waals surface area contributed by atoms with E-state index in [1.807, 2.05) is 5.32 Å². The first kappa shape index (κ1) is 12.9. The van der Waals surface area contributed by atoms with Crippen LogP contribution >= 0.6 is 0 Å². The summed E-state index contributed by atoms with van der Waals surface area (Å²) < 4.78 is 39.2. The smallest absolute Gasteiger partial charge is 0.262 e. The fourth-order valence-corrected chi connectivity index (χ4v) is 1.43. The number of phenolic OH excluding ortho intramolecular Hbond substituents is 1. The zero-order valence-corrected chi connectivity index (χ0v) is 9.32. The van der Waals surface area contributed by atoms with Crippen molar-refractivity contribution in [2.45, 2.75) is 0 Å². The van der Waals surface area contributed by atoms with Gasteiger partial charge in [0, 0.05) is 0 Å². The van der Waals surface area contributed by atoms with Gasteiger partial charge in [0.1, 0.15) is 17.1 Å². The molecule has 0 saturated carbocycles. The second-order valence-corrected chi connectivity index (χ2v) is 3.56. The van der Waals surface area contributed by atoms with Gasteiger partial charge in [-0.3, -0.25) is 4.79 Å². The lowest BCUT2D eigenvalue weighted by atomic mass is 10.1. The van der Waals surface area contributed by atoms with Crippen molar-refractivity contribution in [3.63, 3.8) is 0 Å². The van der Waals surface area contributed by atoms with Crippen molar-refractivity contribution in [1.29, 1.82) is 0 Å². The average molecular weight is 268 g/mol. The maximum absolute atomic E-state index is 13.4. The number of carbonyl (C=O) groups excluding carboxylic acids is 1. The van der Waals surface area contributed by atoms with Gasteiger partial charge in [0.05, 0.1) is 5.69 Å². The van der Waals surface area contributed by atoms with Crippen molar-refractivity contribution in [1.82, 2.24) is 4.98 Å². The molecule has 1 aromatic carbocycles. The largest absolute Gasteiger partial charge is 0.507 e. The SMILES string of the molecule is O=C(Nc1ccc(F)nc1F)c1c(O)cccc1F. The third-order valence-corrected chi connectivity index (χ3v) is 2.28. The zero-order chi connectivity index (χ0) is 14.0. The molecule has 0 aliphatic carbocycles. The van der Waals surface area contributed by atoms with Gasteiger partial charge in [-0.15, -0.1) is 0 Å². The number of aromatic nitrogens is 1. The predicted molar refractivity (Wildman–Crippen MR) is 60.2 cm³/mol. The van der Waals surface area contributed by atoms with E-state index in [2.05, 4.69) is 4.98 Å². The van der Waals surface area contributed by atoms with Crippen LogP contribution in [0.5, 0.6) is 5.75 Å². The molecule has 19 heavy (non-hydrogen) atoms. The van der Waals surface area contributed by atoms with Gasteiger partial charge >= 0.3 is 0 Å². The Kier molecular flexibility index (Phi) is 3.37. The van der Waals surface area contributed by atoms with Crippen LogP contribution in [-0.4, -0.2) is 16.0 Å². The summed E-state index contributed by atoms with van der Waals surface area (Å²) in [5.41, 5.74) is -1.06. The van der Waals surface area contributed by atoms with Crippen LogP contribution in [0.2, 0.25) is 0 Å². The number of anilines is 1. The molecule has 0 unspecified atom stereocenters. The number of nitrogens with zero attached hydrogens (tertiary/aromatic N) is 1. The topological polar surface area (TPSA) is 62.2 Å². The number of halogens is 3. The van der Waals surface area contributed by atoms with E-state index in [9.17, 15) is 23.1 Å². The molecule has 1 heterocycles. The molecule has 0 fully saturated rings. The number of amides is 1. The molecule has 2 rings (SSSR count). The van der Waals surface area contributed by atoms with Gasteiger partial charge in [0.25, 0.3) is 5.91 Å². The summed E-state index contributed by atoms with van der Waals surface area (Å²) >= 11 is 0. The standard InChI is InChI=1S/C12H7F3N2O2/c13-6-2-1-3-8(18)10(6)12(19)16-7-4-5-9(14)17-11(7)15/h1-5,18H,(H,16,19). The van der Waals surface area contributed by atoms with Crippen molar-refractivity contribution in [2.24, 2.45) is 0 Å². The molecule has 0 bridgehead atoms. The van der Waals surface area contributed by atoms with Crippen LogP contribution in [0.3, 0.4) is 0 Å². The van der Waals surface area contributed by atoms with E-state index < -0.39 is 40.6 Å². The second kappa shape index (κ2) is 4.97. The molecule has 0 atom stereocenters. The van der Waals surface area contributed by atoms with Gasteiger partial charge in [-0.1, -0.05) is 6.07 Å². The third-order valence-electron chi connectivity index (χ3n) is 2.28. The minimum absolute atomic E-state index is 0.422. The Bertz CT molecular complexity index is 627. The molecular formula is C12H7F3N2O2. The van der Waals surface area contributed by atoms with E-state index in [0.717, 1.165) is 24.3 Å². The van der Waals surface area contributed by atoms with Crippen molar-refractivity contribution < 1.29 is 23.1 Å². The van der Waals surface area contributed by atoms with Crippen LogP contribution in [0.4, 0.5) is 18.9 Å². The highest BCUT2D eigenvalue weighted by Crippen LogP contribution is 2.22. The molecule has 4 nitrogen and oxygen atoms in total. The zero-order valence-electron chi connectivity index (χ0n) is 9.32. The molecule has 0 saturated heterocycles. The number of aromatic hydroxyl groups is 1. The normalized spacial score (nSPS) is 10.3. The van der Waals surface area contributed by atoms with E-state index in [1.165, 1.54) is 6.07 Å². The summed E-state index contributed by atoms with van der Waals surface area (Å²) in [4.78, 5) is 14.6. The number of nitrogens with one attached hydrogen (secondary N) is 1. The monoisotopic (exact) mass is 268 g/mol. The van der Waals surface area contributed by atoms with E-state index in [0.29, 0.717) is 0 Å². The fourth-order valence-electron chi connectivity index (χ4n) is 1.43. The summed E-state index contributed by atoms with van der Waals surface area (Å²) in [6, 6.07) is 5.06. The Morgan fingerprint density at radius 3 is 2.53 bits per heavy atom. The Labute approximate surface area is 105 Å².